The average molecular weight is 420 g/mol. The fourth-order valence-electron chi connectivity index (χ4n) is 4.24. The van der Waals surface area contributed by atoms with E-state index in [9.17, 15) is 10.1 Å². The van der Waals surface area contributed by atoms with E-state index in [0.29, 0.717) is 25.1 Å². The third kappa shape index (κ3) is 3.30. The second-order valence-electron chi connectivity index (χ2n) is 7.69. The second-order valence-corrected chi connectivity index (χ2v) is 7.69. The summed E-state index contributed by atoms with van der Waals surface area (Å²) in [7, 11) is 0. The molecule has 0 unspecified atom stereocenters. The van der Waals surface area contributed by atoms with Gasteiger partial charge in [-0.3, -0.25) is 4.79 Å². The van der Waals surface area contributed by atoms with E-state index >= 15 is 0 Å². The average Bonchev–Trinajstić information content (AvgIpc) is 3.45. The molecule has 0 amide bonds. The predicted molar refractivity (Wildman–Crippen MR) is 123 cm³/mol. The number of fused-ring (bicyclic) bond motifs is 3. The van der Waals surface area contributed by atoms with Crippen LogP contribution in [0.2, 0.25) is 0 Å². The molecule has 6 heteroatoms. The zero-order valence-electron chi connectivity index (χ0n) is 17.5. The highest BCUT2D eigenvalue weighted by Gasteiger charge is 2.15. The zero-order chi connectivity index (χ0) is 22.1. The van der Waals surface area contributed by atoms with Crippen LogP contribution in [0.4, 0.5) is 0 Å². The van der Waals surface area contributed by atoms with Gasteiger partial charge in [0, 0.05) is 41.0 Å². The number of hydrogen-bond acceptors (Lipinski definition) is 4. The smallest absolute Gasteiger partial charge is 0.293 e. The van der Waals surface area contributed by atoms with Gasteiger partial charge in [-0.2, -0.15) is 5.26 Å². The molecule has 0 atom stereocenters. The lowest BCUT2D eigenvalue weighted by atomic mass is 10.1. The van der Waals surface area contributed by atoms with Gasteiger partial charge in [-0.25, -0.2) is 4.98 Å². The van der Waals surface area contributed by atoms with Crippen molar-refractivity contribution in [1.82, 2.24) is 14.1 Å². The van der Waals surface area contributed by atoms with Crippen LogP contribution in [0.5, 0.6) is 0 Å². The van der Waals surface area contributed by atoms with Crippen molar-refractivity contribution in [2.45, 2.75) is 13.3 Å². The fraction of sp³-hybridized carbons (Fsp3) is 0.115. The van der Waals surface area contributed by atoms with Crippen molar-refractivity contribution < 1.29 is 9.53 Å². The van der Waals surface area contributed by atoms with E-state index in [4.69, 9.17) is 4.74 Å². The van der Waals surface area contributed by atoms with Gasteiger partial charge in [-0.15, -0.1) is 0 Å². The molecule has 0 bridgehead atoms. The molecule has 0 fully saturated rings. The molecule has 32 heavy (non-hydrogen) atoms. The van der Waals surface area contributed by atoms with Crippen LogP contribution < -0.4 is 0 Å². The van der Waals surface area contributed by atoms with E-state index in [-0.39, 0.29) is 0 Å². The largest absolute Gasteiger partial charge is 0.468 e. The first-order valence-electron chi connectivity index (χ1n) is 10.3. The molecule has 0 aliphatic rings. The summed E-state index contributed by atoms with van der Waals surface area (Å²) >= 11 is 0. The van der Waals surface area contributed by atoms with E-state index in [0.717, 1.165) is 44.3 Å². The first kappa shape index (κ1) is 19.6. The Labute approximate surface area is 184 Å². The molecular weight excluding hydrogens is 400 g/mol. The van der Waals surface area contributed by atoms with Gasteiger partial charge in [-0.05, 0) is 60.5 Å². The van der Waals surface area contributed by atoms with Crippen molar-refractivity contribution in [3.8, 4) is 17.4 Å². The minimum Gasteiger partial charge on any atom is -0.468 e. The number of benzene rings is 3. The molecule has 5 rings (SSSR count). The molecule has 0 aliphatic carbocycles. The Morgan fingerprint density at radius 2 is 1.97 bits per heavy atom. The maximum Gasteiger partial charge on any atom is 0.293 e. The van der Waals surface area contributed by atoms with Crippen molar-refractivity contribution >= 4 is 28.3 Å². The summed E-state index contributed by atoms with van der Waals surface area (Å²) < 4.78 is 9.12. The lowest BCUT2D eigenvalue weighted by Gasteiger charge is -2.12. The number of carbonyl (C=O) groups excluding carboxylic acids is 1. The van der Waals surface area contributed by atoms with Gasteiger partial charge in [0.1, 0.15) is 0 Å². The monoisotopic (exact) mass is 420 g/mol. The van der Waals surface area contributed by atoms with Gasteiger partial charge in [0.05, 0.1) is 35.6 Å². The summed E-state index contributed by atoms with van der Waals surface area (Å²) in [6.45, 7) is 2.85. The molecule has 3 aromatic carbocycles. The topological polar surface area (TPSA) is 72.8 Å². The van der Waals surface area contributed by atoms with E-state index in [1.807, 2.05) is 35.9 Å². The summed E-state index contributed by atoms with van der Waals surface area (Å²) in [5, 5.41) is 11.5. The first-order valence-corrected chi connectivity index (χ1v) is 10.3. The quantitative estimate of drug-likeness (QED) is 0.290. The Morgan fingerprint density at radius 1 is 1.06 bits per heavy atom. The number of aromatic nitrogens is 3. The number of nitrogens with zero attached hydrogens (tertiary/aromatic N) is 4. The lowest BCUT2D eigenvalue weighted by molar-refractivity contribution is -0.128. The van der Waals surface area contributed by atoms with Crippen LogP contribution in [0.25, 0.3) is 33.2 Å². The number of imidazole rings is 1. The standard InChI is InChI=1S/C26H20N4O2/c1-18-12-20(15-27)3-6-24(18)30-25-7-4-21(29-10-9-28-16-29)14-23(25)22-5-2-19(13-26(22)30)8-11-32-17-31/h2-7,9-10,12-14,16-17H,8,11H2,1H3. The van der Waals surface area contributed by atoms with Gasteiger partial charge >= 0.3 is 0 Å². The number of carbonyl (C=O) groups is 1. The third-order valence-electron chi connectivity index (χ3n) is 5.76. The van der Waals surface area contributed by atoms with Crippen LogP contribution in [-0.4, -0.2) is 27.2 Å². The van der Waals surface area contributed by atoms with Gasteiger partial charge in [0.25, 0.3) is 6.47 Å². The number of aryl methyl sites for hydroxylation is 1. The second kappa shape index (κ2) is 8.05. The number of nitriles is 1. The van der Waals surface area contributed by atoms with Crippen molar-refractivity contribution in [2.75, 3.05) is 6.61 Å². The molecule has 0 saturated carbocycles. The van der Waals surface area contributed by atoms with E-state index in [2.05, 4.69) is 52.0 Å². The Kier molecular flexibility index (Phi) is 4.92. The highest BCUT2D eigenvalue weighted by molar-refractivity contribution is 6.10. The molecule has 0 saturated heterocycles. The van der Waals surface area contributed by atoms with Crippen LogP contribution in [0, 0.1) is 18.3 Å². The van der Waals surface area contributed by atoms with E-state index in [1.54, 1.807) is 12.5 Å². The Bertz CT molecular complexity index is 1490. The normalized spacial score (nSPS) is 11.0. The fourth-order valence-corrected chi connectivity index (χ4v) is 4.24. The van der Waals surface area contributed by atoms with Gasteiger partial charge in [0.2, 0.25) is 0 Å². The molecule has 0 N–H and O–H groups in total. The zero-order valence-corrected chi connectivity index (χ0v) is 17.5. The molecule has 2 heterocycles. The summed E-state index contributed by atoms with van der Waals surface area (Å²) in [4.78, 5) is 14.7. The molecular formula is C26H20N4O2. The van der Waals surface area contributed by atoms with Crippen LogP contribution in [0.15, 0.2) is 73.3 Å². The lowest BCUT2D eigenvalue weighted by Crippen LogP contribution is -1.99. The maximum atomic E-state index is 10.5. The molecule has 5 aromatic rings. The number of ether oxygens (including phenoxy) is 1. The molecule has 6 nitrogen and oxygen atoms in total. The SMILES string of the molecule is Cc1cc(C#N)ccc1-n1c2ccc(-n3ccnc3)cc2c2ccc(CCOC=O)cc21. The molecule has 2 aromatic heterocycles. The predicted octanol–water partition coefficient (Wildman–Crippen LogP) is 4.87. The van der Waals surface area contributed by atoms with Gasteiger partial charge in [-0.1, -0.05) is 12.1 Å². The molecule has 0 radical (unpaired) electrons. The highest BCUT2D eigenvalue weighted by atomic mass is 16.5. The summed E-state index contributed by atoms with van der Waals surface area (Å²) in [5.41, 5.74) is 6.97. The molecule has 0 spiro atoms. The summed E-state index contributed by atoms with van der Waals surface area (Å²) in [5.74, 6) is 0. The minimum absolute atomic E-state index is 0.343. The van der Waals surface area contributed by atoms with Gasteiger partial charge in [0.15, 0.2) is 0 Å². The number of rotatable bonds is 6. The Balaban J connectivity index is 1.77. The van der Waals surface area contributed by atoms with E-state index < -0.39 is 0 Å². The Morgan fingerprint density at radius 3 is 2.72 bits per heavy atom. The molecule has 0 aliphatic heterocycles. The molecule has 156 valence electrons. The van der Waals surface area contributed by atoms with Crippen molar-refractivity contribution in [2.24, 2.45) is 0 Å². The van der Waals surface area contributed by atoms with Crippen LogP contribution in [-0.2, 0) is 16.0 Å². The van der Waals surface area contributed by atoms with E-state index in [1.165, 1.54) is 0 Å². The van der Waals surface area contributed by atoms with Crippen LogP contribution in [0.1, 0.15) is 16.7 Å². The van der Waals surface area contributed by atoms with Gasteiger partial charge < -0.3 is 13.9 Å². The highest BCUT2D eigenvalue weighted by Crippen LogP contribution is 2.35. The van der Waals surface area contributed by atoms with Crippen molar-refractivity contribution in [3.63, 3.8) is 0 Å². The van der Waals surface area contributed by atoms with Crippen molar-refractivity contribution in [1.29, 1.82) is 5.26 Å². The third-order valence-corrected chi connectivity index (χ3v) is 5.76. The van der Waals surface area contributed by atoms with Crippen LogP contribution >= 0.6 is 0 Å². The van der Waals surface area contributed by atoms with Crippen molar-refractivity contribution in [3.05, 3.63) is 90.0 Å². The maximum absolute atomic E-state index is 10.5. The van der Waals surface area contributed by atoms with Crippen LogP contribution in [0.3, 0.4) is 0 Å². The first-order chi connectivity index (χ1) is 15.7. The Hall–Kier alpha value is -4.37. The summed E-state index contributed by atoms with van der Waals surface area (Å²) in [6, 6.07) is 20.7. The summed E-state index contributed by atoms with van der Waals surface area (Å²) in [6.07, 6.45) is 6.12. The number of hydrogen-bond donors (Lipinski definition) is 0. The minimum atomic E-state index is 0.343.